The number of aliphatic hydroxyl groups is 1. The molecule has 6 atom stereocenters. The van der Waals surface area contributed by atoms with Crippen molar-refractivity contribution < 1.29 is 19.5 Å². The fourth-order valence-electron chi connectivity index (χ4n) is 5.55. The van der Waals surface area contributed by atoms with E-state index >= 15 is 0 Å². The quantitative estimate of drug-likeness (QED) is 0.560. The second-order valence-electron chi connectivity index (χ2n) is 9.59. The average Bonchev–Trinajstić information content (AvgIpc) is 3.14. The van der Waals surface area contributed by atoms with E-state index in [9.17, 15) is 19.5 Å². The monoisotopic (exact) mass is 475 g/mol. The molecule has 0 saturated carbocycles. The van der Waals surface area contributed by atoms with E-state index in [1.807, 2.05) is 81.5 Å². The molecule has 0 aromatic heterocycles. The Kier molecular flexibility index (Phi) is 7.08. The second kappa shape index (κ2) is 10.0. The zero-order valence-electron chi connectivity index (χ0n) is 20.6. The normalized spacial score (nSPS) is 26.3. The number of hydrogen-bond acceptors (Lipinski definition) is 4. The van der Waals surface area contributed by atoms with Crippen molar-refractivity contribution in [2.24, 2.45) is 23.7 Å². The van der Waals surface area contributed by atoms with Gasteiger partial charge in [-0.05, 0) is 42.5 Å². The van der Waals surface area contributed by atoms with Gasteiger partial charge in [0.25, 0.3) is 0 Å². The van der Waals surface area contributed by atoms with E-state index in [4.69, 9.17) is 0 Å². The summed E-state index contributed by atoms with van der Waals surface area (Å²) >= 11 is 0. The number of carbonyl (C=O) groups is 3. The van der Waals surface area contributed by atoms with Crippen LogP contribution < -0.4 is 10.6 Å². The molecule has 2 aliphatic rings. The first-order valence-corrected chi connectivity index (χ1v) is 12.0. The van der Waals surface area contributed by atoms with Crippen molar-refractivity contribution >= 4 is 23.4 Å². The van der Waals surface area contributed by atoms with Crippen LogP contribution in [0.1, 0.15) is 29.7 Å². The molecular weight excluding hydrogens is 442 g/mol. The third-order valence-corrected chi connectivity index (χ3v) is 7.37. The summed E-state index contributed by atoms with van der Waals surface area (Å²) in [6.07, 6.45) is 3.83. The number of likely N-dealkylation sites (tertiary alicyclic amines) is 1. The largest absolute Gasteiger partial charge is 0.394 e. The highest BCUT2D eigenvalue weighted by Gasteiger charge is 2.58. The third kappa shape index (κ3) is 4.48. The maximum atomic E-state index is 14.0. The predicted octanol–water partition coefficient (Wildman–Crippen LogP) is 2.99. The molecule has 0 bridgehead atoms. The molecule has 1 aliphatic heterocycles. The van der Waals surface area contributed by atoms with Gasteiger partial charge in [0, 0.05) is 18.7 Å². The van der Waals surface area contributed by atoms with Gasteiger partial charge in [-0.15, -0.1) is 0 Å². The lowest BCUT2D eigenvalue weighted by atomic mass is 9.70. The van der Waals surface area contributed by atoms with Crippen molar-refractivity contribution in [2.75, 3.05) is 19.0 Å². The van der Waals surface area contributed by atoms with Gasteiger partial charge in [0.1, 0.15) is 6.04 Å². The van der Waals surface area contributed by atoms with Crippen LogP contribution in [0.5, 0.6) is 0 Å². The topological polar surface area (TPSA) is 98.7 Å². The lowest BCUT2D eigenvalue weighted by Gasteiger charge is -2.33. The number of nitrogens with zero attached hydrogens (tertiary/aromatic N) is 1. The van der Waals surface area contributed by atoms with E-state index in [-0.39, 0.29) is 30.2 Å². The summed E-state index contributed by atoms with van der Waals surface area (Å²) in [4.78, 5) is 42.2. The van der Waals surface area contributed by atoms with Gasteiger partial charge in [0.05, 0.1) is 24.5 Å². The Morgan fingerprint density at radius 2 is 1.77 bits per heavy atom. The van der Waals surface area contributed by atoms with E-state index < -0.39 is 29.8 Å². The minimum Gasteiger partial charge on any atom is -0.394 e. The van der Waals surface area contributed by atoms with E-state index in [0.717, 1.165) is 16.7 Å². The summed E-state index contributed by atoms with van der Waals surface area (Å²) < 4.78 is 0. The summed E-state index contributed by atoms with van der Waals surface area (Å²) in [5.74, 6) is -2.79. The summed E-state index contributed by atoms with van der Waals surface area (Å²) in [5.41, 5.74) is 3.34. The Labute approximate surface area is 206 Å². The van der Waals surface area contributed by atoms with Crippen LogP contribution in [0.3, 0.4) is 0 Å². The average molecular weight is 476 g/mol. The molecule has 1 aliphatic carbocycles. The Hall–Kier alpha value is -3.45. The van der Waals surface area contributed by atoms with Crippen LogP contribution in [0, 0.1) is 37.5 Å². The highest BCUT2D eigenvalue weighted by molar-refractivity contribution is 6.02. The number of allylic oxidation sites excluding steroid dienone is 1. The van der Waals surface area contributed by atoms with Gasteiger partial charge in [0.15, 0.2) is 0 Å². The first-order chi connectivity index (χ1) is 16.8. The van der Waals surface area contributed by atoms with Gasteiger partial charge in [-0.25, -0.2) is 0 Å². The maximum Gasteiger partial charge on any atom is 0.247 e. The molecule has 0 spiro atoms. The molecule has 4 rings (SSSR count). The number of aliphatic hydroxyl groups excluding tert-OH is 1. The number of amides is 3. The molecule has 35 heavy (non-hydrogen) atoms. The molecule has 0 unspecified atom stereocenters. The van der Waals surface area contributed by atoms with Crippen molar-refractivity contribution in [3.05, 3.63) is 77.4 Å². The number of carbonyl (C=O) groups excluding carboxylic acids is 3. The molecule has 2 aromatic carbocycles. The highest BCUT2D eigenvalue weighted by Crippen LogP contribution is 2.47. The van der Waals surface area contributed by atoms with Crippen molar-refractivity contribution in [3.8, 4) is 0 Å². The van der Waals surface area contributed by atoms with Gasteiger partial charge < -0.3 is 20.6 Å². The number of nitrogens with one attached hydrogen (secondary N) is 2. The standard InChI is InChI=1S/C28H33N3O4/c1-16-10-11-17(2)21(14-16)30-27(34)25-20-13-12-18(3)23(26(33)29-4)24(20)28(35)31(25)22(15-32)19-8-6-5-7-9-19/h5-14,18,20,22-25,32H,15H2,1-4H3,(H,29,33)(H,30,34)/t18-,20+,22-,23-,24+,25+/m1/s1. The first kappa shape index (κ1) is 24.7. The fraction of sp³-hybridized carbons (Fsp3) is 0.393. The van der Waals surface area contributed by atoms with E-state index in [2.05, 4.69) is 10.6 Å². The molecule has 0 radical (unpaired) electrons. The fourth-order valence-corrected chi connectivity index (χ4v) is 5.55. The van der Waals surface area contributed by atoms with Gasteiger partial charge >= 0.3 is 0 Å². The summed E-state index contributed by atoms with van der Waals surface area (Å²) in [6.45, 7) is 5.44. The van der Waals surface area contributed by atoms with Crippen LogP contribution in [-0.2, 0) is 14.4 Å². The highest BCUT2D eigenvalue weighted by atomic mass is 16.3. The number of rotatable bonds is 6. The Morgan fingerprint density at radius 3 is 2.43 bits per heavy atom. The number of aryl methyl sites for hydroxylation is 2. The Bertz CT molecular complexity index is 1150. The lowest BCUT2D eigenvalue weighted by Crippen LogP contribution is -2.47. The number of anilines is 1. The van der Waals surface area contributed by atoms with Crippen molar-refractivity contribution in [1.29, 1.82) is 0 Å². The maximum absolute atomic E-state index is 14.0. The molecule has 184 valence electrons. The molecular formula is C28H33N3O4. The molecule has 3 amide bonds. The second-order valence-corrected chi connectivity index (χ2v) is 9.59. The number of hydrogen-bond donors (Lipinski definition) is 3. The Balaban J connectivity index is 1.80. The van der Waals surface area contributed by atoms with Crippen LogP contribution in [-0.4, -0.2) is 47.4 Å². The van der Waals surface area contributed by atoms with Crippen LogP contribution >= 0.6 is 0 Å². The minimum absolute atomic E-state index is 0.160. The third-order valence-electron chi connectivity index (χ3n) is 7.37. The smallest absolute Gasteiger partial charge is 0.247 e. The molecule has 1 saturated heterocycles. The number of benzene rings is 2. The van der Waals surface area contributed by atoms with Crippen molar-refractivity contribution in [2.45, 2.75) is 32.9 Å². The zero-order valence-corrected chi connectivity index (χ0v) is 20.6. The van der Waals surface area contributed by atoms with Crippen LogP contribution in [0.2, 0.25) is 0 Å². The van der Waals surface area contributed by atoms with Gasteiger partial charge in [-0.3, -0.25) is 14.4 Å². The molecule has 1 heterocycles. The predicted molar refractivity (Wildman–Crippen MR) is 134 cm³/mol. The molecule has 7 nitrogen and oxygen atoms in total. The summed E-state index contributed by atoms with van der Waals surface area (Å²) in [7, 11) is 1.56. The molecule has 3 N–H and O–H groups in total. The van der Waals surface area contributed by atoms with Crippen LogP contribution in [0.15, 0.2) is 60.7 Å². The number of fused-ring (bicyclic) bond motifs is 1. The minimum atomic E-state index is -0.874. The van der Waals surface area contributed by atoms with Crippen LogP contribution in [0.4, 0.5) is 5.69 Å². The SMILES string of the molecule is CNC(=O)[C@H]1[C@H]2C(=O)N([C@H](CO)c3ccccc3)[C@H](C(=O)Nc3cc(C)ccc3C)[C@H]2C=C[C@H]1C. The first-order valence-electron chi connectivity index (χ1n) is 12.0. The molecule has 2 aromatic rings. The zero-order chi connectivity index (χ0) is 25.3. The molecule has 7 heteroatoms. The summed E-state index contributed by atoms with van der Waals surface area (Å²) in [5, 5.41) is 16.1. The lowest BCUT2D eigenvalue weighted by molar-refractivity contribution is -0.142. The van der Waals surface area contributed by atoms with E-state index in [1.165, 1.54) is 4.90 Å². The summed E-state index contributed by atoms with van der Waals surface area (Å²) in [6, 6.07) is 13.4. The van der Waals surface area contributed by atoms with Gasteiger partial charge in [-0.1, -0.05) is 61.5 Å². The van der Waals surface area contributed by atoms with E-state index in [0.29, 0.717) is 5.69 Å². The van der Waals surface area contributed by atoms with Gasteiger partial charge in [0.2, 0.25) is 17.7 Å². The Morgan fingerprint density at radius 1 is 1.06 bits per heavy atom. The van der Waals surface area contributed by atoms with Gasteiger partial charge in [-0.2, -0.15) is 0 Å². The van der Waals surface area contributed by atoms with Crippen molar-refractivity contribution in [1.82, 2.24) is 10.2 Å². The van der Waals surface area contributed by atoms with Crippen LogP contribution in [0.25, 0.3) is 0 Å². The molecule has 1 fully saturated rings. The van der Waals surface area contributed by atoms with E-state index in [1.54, 1.807) is 7.05 Å². The van der Waals surface area contributed by atoms with Crippen molar-refractivity contribution in [3.63, 3.8) is 0 Å².